The van der Waals surface area contributed by atoms with Gasteiger partial charge in [0.2, 0.25) is 11.8 Å². The van der Waals surface area contributed by atoms with E-state index in [2.05, 4.69) is 10.3 Å². The van der Waals surface area contributed by atoms with Crippen LogP contribution in [0.5, 0.6) is 5.75 Å². The molecule has 2 atom stereocenters. The van der Waals surface area contributed by atoms with Crippen molar-refractivity contribution in [3.8, 4) is 17.0 Å². The number of aromatic amines is 1. The van der Waals surface area contributed by atoms with Crippen LogP contribution >= 0.6 is 0 Å². The Bertz CT molecular complexity index is 1840. The van der Waals surface area contributed by atoms with E-state index < -0.39 is 41.6 Å². The fourth-order valence-corrected chi connectivity index (χ4v) is 5.69. The molecule has 3 amide bonds. The van der Waals surface area contributed by atoms with Crippen molar-refractivity contribution in [3.05, 3.63) is 106 Å². The van der Waals surface area contributed by atoms with Crippen LogP contribution in [0.2, 0.25) is 0 Å². The van der Waals surface area contributed by atoms with E-state index >= 15 is 0 Å². The third-order valence-corrected chi connectivity index (χ3v) is 8.21. The zero-order valence-corrected chi connectivity index (χ0v) is 29.7. The number of ether oxygens (including phenoxy) is 3. The summed E-state index contributed by atoms with van der Waals surface area (Å²) in [6.07, 6.45) is 1.09. The first-order valence-electron chi connectivity index (χ1n) is 16.2. The zero-order chi connectivity index (χ0) is 36.7. The van der Waals surface area contributed by atoms with Crippen LogP contribution in [-0.4, -0.2) is 64.6 Å². The van der Waals surface area contributed by atoms with Gasteiger partial charge in [-0.05, 0) is 88.1 Å². The number of nitrogens with zero attached hydrogens (tertiary/aromatic N) is 2. The van der Waals surface area contributed by atoms with Crippen molar-refractivity contribution in [1.29, 1.82) is 0 Å². The van der Waals surface area contributed by atoms with Crippen molar-refractivity contribution < 1.29 is 33.4 Å². The van der Waals surface area contributed by atoms with Crippen LogP contribution in [0.4, 0.5) is 4.79 Å². The van der Waals surface area contributed by atoms with Crippen LogP contribution in [0.3, 0.4) is 0 Å². The number of nitrogens with one attached hydrogen (secondary N) is 2. The summed E-state index contributed by atoms with van der Waals surface area (Å²) in [6.45, 7) is 10.7. The lowest BCUT2D eigenvalue weighted by Gasteiger charge is -2.33. The van der Waals surface area contributed by atoms with Gasteiger partial charge in [0.15, 0.2) is 0 Å². The molecule has 3 aromatic carbocycles. The smallest absolute Gasteiger partial charge is 0.408 e. The van der Waals surface area contributed by atoms with E-state index in [4.69, 9.17) is 24.9 Å². The summed E-state index contributed by atoms with van der Waals surface area (Å²) in [5, 5.41) is 2.81. The Balaban J connectivity index is 1.81. The number of nitrogens with two attached hydrogens (primary N) is 1. The van der Waals surface area contributed by atoms with Gasteiger partial charge >= 0.3 is 12.1 Å². The van der Waals surface area contributed by atoms with E-state index in [1.807, 2.05) is 51.1 Å². The first-order valence-corrected chi connectivity index (χ1v) is 16.2. The fraction of sp³-hybridized carbons (Fsp3) is 0.342. The van der Waals surface area contributed by atoms with Crippen molar-refractivity contribution in [2.24, 2.45) is 5.73 Å². The molecule has 0 aliphatic carbocycles. The Kier molecular flexibility index (Phi) is 11.7. The molecule has 4 aromatic rings. The molecule has 1 aromatic heterocycles. The summed E-state index contributed by atoms with van der Waals surface area (Å²) in [5.41, 5.74) is 9.70. The van der Waals surface area contributed by atoms with Crippen LogP contribution in [0.15, 0.2) is 66.9 Å². The standard InChI is InChI=1S/C38H45N5O7/c1-22-16-27(33(39)44)17-23(2)28(22)19-30(42-37(47)50-38(4,5)6)35(45)43(21-25-14-15-32(48-7)29(18-25)36(46)49-8)24(3)34-40-20-31(41-34)26-12-10-9-11-13-26/h9-18,20,24,30H,19,21H2,1-8H3,(H2,39,44)(H,40,41)(H,42,47)/t24-,30-/m0/s1. The van der Waals surface area contributed by atoms with Gasteiger partial charge in [-0.1, -0.05) is 36.4 Å². The number of aromatic nitrogens is 2. The van der Waals surface area contributed by atoms with E-state index in [-0.39, 0.29) is 18.5 Å². The van der Waals surface area contributed by atoms with Gasteiger partial charge in [-0.3, -0.25) is 9.59 Å². The summed E-state index contributed by atoms with van der Waals surface area (Å²) in [4.78, 5) is 62.3. The molecular formula is C38H45N5O7. The SMILES string of the molecule is COC(=O)c1cc(CN(C(=O)[C@H](Cc2c(C)cc(C(N)=O)cc2C)NC(=O)OC(C)(C)C)[C@@H](C)c2nc(-c3ccccc3)c[nH]2)ccc1OC. The van der Waals surface area contributed by atoms with Gasteiger partial charge in [0.25, 0.3) is 0 Å². The number of methoxy groups -OCH3 is 2. The number of primary amides is 1. The van der Waals surface area contributed by atoms with Crippen LogP contribution in [0.1, 0.15) is 82.5 Å². The van der Waals surface area contributed by atoms with Crippen LogP contribution in [0, 0.1) is 13.8 Å². The summed E-state index contributed by atoms with van der Waals surface area (Å²) in [7, 11) is 2.73. The Morgan fingerprint density at radius 1 is 0.980 bits per heavy atom. The normalized spacial score (nSPS) is 12.4. The number of hydrogen-bond acceptors (Lipinski definition) is 8. The minimum Gasteiger partial charge on any atom is -0.496 e. The van der Waals surface area contributed by atoms with Gasteiger partial charge in [0, 0.05) is 30.3 Å². The summed E-state index contributed by atoms with van der Waals surface area (Å²) < 4.78 is 15.9. The predicted molar refractivity (Wildman–Crippen MR) is 189 cm³/mol. The predicted octanol–water partition coefficient (Wildman–Crippen LogP) is 5.81. The minimum absolute atomic E-state index is 0.0282. The number of imidazole rings is 1. The Morgan fingerprint density at radius 2 is 1.64 bits per heavy atom. The molecule has 12 nitrogen and oxygen atoms in total. The van der Waals surface area contributed by atoms with E-state index in [1.165, 1.54) is 14.2 Å². The van der Waals surface area contributed by atoms with Gasteiger partial charge in [0.05, 0.1) is 26.0 Å². The maximum atomic E-state index is 14.9. The first-order chi connectivity index (χ1) is 23.6. The third kappa shape index (κ3) is 9.07. The number of carbonyl (C=O) groups excluding carboxylic acids is 4. The Labute approximate surface area is 292 Å². The van der Waals surface area contributed by atoms with E-state index in [0.29, 0.717) is 28.4 Å². The maximum Gasteiger partial charge on any atom is 0.408 e. The number of amides is 3. The van der Waals surface area contributed by atoms with E-state index in [1.54, 1.807) is 62.2 Å². The quantitative estimate of drug-likeness (QED) is 0.157. The minimum atomic E-state index is -1.11. The molecule has 0 aliphatic rings. The molecule has 264 valence electrons. The molecule has 12 heteroatoms. The lowest BCUT2D eigenvalue weighted by molar-refractivity contribution is -0.136. The Morgan fingerprint density at radius 3 is 2.22 bits per heavy atom. The van der Waals surface area contributed by atoms with Crippen LogP contribution in [0.25, 0.3) is 11.3 Å². The number of esters is 1. The number of benzene rings is 3. The molecule has 0 spiro atoms. The largest absolute Gasteiger partial charge is 0.496 e. The second-order valence-electron chi connectivity index (χ2n) is 13.1. The summed E-state index contributed by atoms with van der Waals surface area (Å²) >= 11 is 0. The monoisotopic (exact) mass is 683 g/mol. The van der Waals surface area contributed by atoms with E-state index in [0.717, 1.165) is 22.3 Å². The molecule has 1 heterocycles. The highest BCUT2D eigenvalue weighted by atomic mass is 16.6. The number of aryl methyl sites for hydroxylation is 2. The molecule has 0 fully saturated rings. The van der Waals surface area contributed by atoms with Crippen molar-refractivity contribution in [2.45, 2.75) is 72.2 Å². The molecular weight excluding hydrogens is 638 g/mol. The average Bonchev–Trinajstić information content (AvgIpc) is 3.57. The zero-order valence-electron chi connectivity index (χ0n) is 29.7. The lowest BCUT2D eigenvalue weighted by atomic mass is 9.93. The molecule has 4 rings (SSSR count). The molecule has 0 saturated heterocycles. The van der Waals surface area contributed by atoms with E-state index in [9.17, 15) is 19.2 Å². The second-order valence-corrected chi connectivity index (χ2v) is 13.1. The second kappa shape index (κ2) is 15.7. The van der Waals surface area contributed by atoms with Gasteiger partial charge in [-0.2, -0.15) is 0 Å². The third-order valence-electron chi connectivity index (χ3n) is 8.21. The van der Waals surface area contributed by atoms with Crippen molar-refractivity contribution >= 4 is 23.9 Å². The van der Waals surface area contributed by atoms with Crippen molar-refractivity contribution in [2.75, 3.05) is 14.2 Å². The van der Waals surface area contributed by atoms with Crippen molar-refractivity contribution in [1.82, 2.24) is 20.2 Å². The van der Waals surface area contributed by atoms with Gasteiger partial charge in [0.1, 0.15) is 28.8 Å². The molecule has 50 heavy (non-hydrogen) atoms. The average molecular weight is 684 g/mol. The number of H-pyrrole nitrogens is 1. The molecule has 0 saturated carbocycles. The Hall–Kier alpha value is -5.65. The highest BCUT2D eigenvalue weighted by Crippen LogP contribution is 2.28. The molecule has 0 radical (unpaired) electrons. The molecule has 0 unspecified atom stereocenters. The van der Waals surface area contributed by atoms with Crippen molar-refractivity contribution in [3.63, 3.8) is 0 Å². The molecule has 0 aliphatic heterocycles. The van der Waals surface area contributed by atoms with Gasteiger partial charge in [-0.25, -0.2) is 14.6 Å². The summed E-state index contributed by atoms with van der Waals surface area (Å²) in [6, 6.07) is 16.2. The summed E-state index contributed by atoms with van der Waals surface area (Å²) in [5.74, 6) is -0.772. The number of hydrogen-bond donors (Lipinski definition) is 3. The van der Waals surface area contributed by atoms with Gasteiger partial charge in [-0.15, -0.1) is 0 Å². The number of rotatable bonds is 12. The van der Waals surface area contributed by atoms with Gasteiger partial charge < -0.3 is 35.1 Å². The highest BCUT2D eigenvalue weighted by Gasteiger charge is 2.33. The van der Waals surface area contributed by atoms with Crippen LogP contribution in [-0.2, 0) is 27.2 Å². The maximum absolute atomic E-state index is 14.9. The number of alkyl carbamates (subject to hydrolysis) is 1. The highest BCUT2D eigenvalue weighted by molar-refractivity contribution is 5.94. The number of carbonyl (C=O) groups is 4. The first kappa shape index (κ1) is 37.2. The molecule has 4 N–H and O–H groups in total. The lowest BCUT2D eigenvalue weighted by Crippen LogP contribution is -2.51. The topological polar surface area (TPSA) is 166 Å². The fourth-order valence-electron chi connectivity index (χ4n) is 5.69. The molecule has 0 bridgehead atoms. The van der Waals surface area contributed by atoms with Crippen LogP contribution < -0.4 is 15.8 Å².